The largest absolute Gasteiger partial charge is 0.396 e. The van der Waals surface area contributed by atoms with Gasteiger partial charge in [-0.1, -0.05) is 176 Å². The summed E-state index contributed by atoms with van der Waals surface area (Å²) in [5.41, 5.74) is 16.2. The number of aromatic amines is 1. The number of imide groups is 1. The Labute approximate surface area is 489 Å². The molecular weight excluding hydrogens is 1170 g/mol. The molecule has 4 amide bonds. The molecule has 7 aromatic heterocycles. The van der Waals surface area contributed by atoms with Gasteiger partial charge in [0.2, 0.25) is 0 Å². The van der Waals surface area contributed by atoms with Crippen LogP contribution in [-0.4, -0.2) is 72.3 Å². The van der Waals surface area contributed by atoms with E-state index in [0.29, 0.717) is 46.0 Å². The number of nitrogens with one attached hydrogen (secondary N) is 3. The number of hydrogen-bond acceptors (Lipinski definition) is 15. The zero-order valence-electron chi connectivity index (χ0n) is 44.1. The van der Waals surface area contributed by atoms with Crippen LogP contribution in [0.5, 0.6) is 0 Å². The molecular formula is C50H55Cl8N15O5. The monoisotopic (exact) mass is 1230 g/mol. The highest BCUT2D eigenvalue weighted by Crippen LogP contribution is 2.32. The summed E-state index contributed by atoms with van der Waals surface area (Å²) in [6.45, 7) is 24.0. The number of halogens is 8. The highest BCUT2D eigenvalue weighted by Gasteiger charge is 2.25. The van der Waals surface area contributed by atoms with Crippen molar-refractivity contribution in [1.82, 2.24) is 59.7 Å². The van der Waals surface area contributed by atoms with Crippen molar-refractivity contribution in [3.8, 4) is 5.69 Å². The maximum Gasteiger partial charge on any atom is 0.334 e. The molecule has 0 aliphatic heterocycles. The van der Waals surface area contributed by atoms with E-state index in [0.717, 1.165) is 17.1 Å². The van der Waals surface area contributed by atoms with E-state index in [-0.39, 0.29) is 86.7 Å². The molecule has 0 spiro atoms. The van der Waals surface area contributed by atoms with Crippen molar-refractivity contribution in [2.75, 3.05) is 11.1 Å². The second-order valence-corrected chi connectivity index (χ2v) is 21.7. The normalized spacial score (nSPS) is 11.1. The maximum absolute atomic E-state index is 12.7. The van der Waals surface area contributed by atoms with Crippen molar-refractivity contribution in [2.24, 2.45) is 5.73 Å². The minimum atomic E-state index is -0.766. The molecule has 0 radical (unpaired) electrons. The molecule has 0 saturated carbocycles. The predicted octanol–water partition coefficient (Wildman–Crippen LogP) is 12.9. The number of carbonyl (C=O) groups is 3. The first-order valence-corrected chi connectivity index (χ1v) is 26.7. The summed E-state index contributed by atoms with van der Waals surface area (Å²) in [4.78, 5) is 99.8. The van der Waals surface area contributed by atoms with Crippen LogP contribution in [0.25, 0.3) is 16.7 Å². The fraction of sp³-hybridized carbons (Fsp3) is 0.360. The van der Waals surface area contributed by atoms with Crippen LogP contribution < -0.4 is 33.3 Å². The zero-order chi connectivity index (χ0) is 58.8. The molecule has 7 N–H and O–H groups in total. The molecule has 28 heteroatoms. The second kappa shape index (κ2) is 28.3. The number of pyridine rings is 3. The average molecular weight is 1230 g/mol. The zero-order valence-corrected chi connectivity index (χ0v) is 50.2. The van der Waals surface area contributed by atoms with Crippen LogP contribution in [0.3, 0.4) is 0 Å². The molecule has 0 fully saturated rings. The van der Waals surface area contributed by atoms with Gasteiger partial charge in [0.1, 0.15) is 44.7 Å². The summed E-state index contributed by atoms with van der Waals surface area (Å²) in [5.74, 6) is -0.607. The summed E-state index contributed by atoms with van der Waals surface area (Å²) >= 11 is 46.2. The topological polar surface area (TPSA) is 298 Å². The number of anilines is 2. The van der Waals surface area contributed by atoms with E-state index >= 15 is 0 Å². The first-order valence-electron chi connectivity index (χ1n) is 23.7. The summed E-state index contributed by atoms with van der Waals surface area (Å²) in [5, 5.41) is 5.16. The highest BCUT2D eigenvalue weighted by molar-refractivity contribution is 6.43. The van der Waals surface area contributed by atoms with E-state index in [4.69, 9.17) is 104 Å². The van der Waals surface area contributed by atoms with Crippen LogP contribution in [0.4, 0.5) is 16.2 Å². The Balaban J connectivity index is 0.000000238. The van der Waals surface area contributed by atoms with Gasteiger partial charge in [0.25, 0.3) is 17.4 Å². The molecule has 0 aliphatic carbocycles. The first-order chi connectivity index (χ1) is 36.4. The number of hydrogen-bond donors (Lipinski definition) is 5. The molecule has 7 rings (SSSR count). The average Bonchev–Trinajstić information content (AvgIpc) is 3.35. The van der Waals surface area contributed by atoms with Crippen molar-refractivity contribution < 1.29 is 14.4 Å². The Bertz CT molecular complexity index is 3400. The fourth-order valence-corrected chi connectivity index (χ4v) is 8.51. The number of aromatic nitrogens is 11. The van der Waals surface area contributed by atoms with Gasteiger partial charge in [-0.2, -0.15) is 0 Å². The summed E-state index contributed by atoms with van der Waals surface area (Å²) in [6, 6.07) is 3.17. The lowest BCUT2D eigenvalue weighted by atomic mass is 10.0. The Morgan fingerprint density at radius 2 is 0.897 bits per heavy atom. The summed E-state index contributed by atoms with van der Waals surface area (Å²) in [6.07, 6.45) is 4.53. The number of nitrogen functional groups attached to an aromatic ring is 1. The number of primary amides is 1. The predicted molar refractivity (Wildman–Crippen MR) is 310 cm³/mol. The van der Waals surface area contributed by atoms with Crippen LogP contribution in [0.2, 0.25) is 40.8 Å². The Hall–Kier alpha value is -5.84. The Kier molecular flexibility index (Phi) is 23.5. The first kappa shape index (κ1) is 64.7. The maximum atomic E-state index is 12.7. The molecule has 0 bridgehead atoms. The van der Waals surface area contributed by atoms with Gasteiger partial charge in [0, 0.05) is 0 Å². The highest BCUT2D eigenvalue weighted by atomic mass is 35.5. The van der Waals surface area contributed by atoms with Crippen molar-refractivity contribution in [1.29, 1.82) is 0 Å². The van der Waals surface area contributed by atoms with E-state index in [9.17, 15) is 24.0 Å². The van der Waals surface area contributed by atoms with Crippen molar-refractivity contribution in [3.63, 3.8) is 0 Å². The lowest BCUT2D eigenvalue weighted by molar-refractivity contribution is 0.0964. The molecule has 0 unspecified atom stereocenters. The van der Waals surface area contributed by atoms with Crippen LogP contribution in [0, 0.1) is 0 Å². The van der Waals surface area contributed by atoms with Gasteiger partial charge in [0.15, 0.2) is 5.65 Å². The van der Waals surface area contributed by atoms with Gasteiger partial charge in [0.05, 0.1) is 82.8 Å². The van der Waals surface area contributed by atoms with Crippen molar-refractivity contribution in [3.05, 3.63) is 144 Å². The number of amides is 4. The van der Waals surface area contributed by atoms with E-state index < -0.39 is 29.1 Å². The van der Waals surface area contributed by atoms with Gasteiger partial charge in [-0.15, -0.1) is 0 Å². The minimum absolute atomic E-state index is 0.00644. The molecule has 7 aromatic rings. The number of H-pyrrole nitrogens is 1. The van der Waals surface area contributed by atoms with E-state index in [1.54, 1.807) is 6.33 Å². The minimum Gasteiger partial charge on any atom is -0.396 e. The van der Waals surface area contributed by atoms with E-state index in [2.05, 4.69) is 88.2 Å². The number of fused-ring (bicyclic) bond motifs is 1. The molecule has 0 atom stereocenters. The lowest BCUT2D eigenvalue weighted by Gasteiger charge is -2.19. The molecule has 7 heterocycles. The Morgan fingerprint density at radius 3 is 1.32 bits per heavy atom. The number of urea groups is 1. The number of nitrogens with zero attached hydrogens (tertiary/aromatic N) is 10. The number of carbonyl (C=O) groups excluding carboxylic acids is 3. The molecule has 78 heavy (non-hydrogen) atoms. The van der Waals surface area contributed by atoms with Crippen LogP contribution in [0.15, 0.2) is 46.8 Å². The van der Waals surface area contributed by atoms with Gasteiger partial charge in [-0.05, 0) is 53.7 Å². The van der Waals surface area contributed by atoms with Crippen LogP contribution >= 0.6 is 92.8 Å². The third-order valence-corrected chi connectivity index (χ3v) is 13.4. The standard InChI is InChI=1S/C17H18Cl3N5O2.C17H17Cl2N5O2.C10H17N3.C6H3Cl3N2O/c1-7(2)11-13(12(8(3)4)22-6-21-11)23-17(27)25-16(26)9-5-10(18)15(20)24-14(9)19;1-7(2)11-13(12(8(3)4)21-6-20-11)24-15-9(16(25)23-17(24)26)5-10(18)14(19)22-15;1-6(2)9-8(11)10(7(3)4)13-5-12-9;7-3-1-2(6(10)12)4(8)11-5(3)9/h5-8H,1-4H3,(H2,23,25,26,27);5-8H,1-4H3,(H,23,25,26);5-7H,11H2,1-4H3;1H,(H2,10,12). The summed E-state index contributed by atoms with van der Waals surface area (Å²) in [7, 11) is 0. The van der Waals surface area contributed by atoms with Gasteiger partial charge in [-0.25, -0.2) is 59.0 Å². The quantitative estimate of drug-likeness (QED) is 0.0795. The van der Waals surface area contributed by atoms with Gasteiger partial charge >= 0.3 is 11.7 Å². The Morgan fingerprint density at radius 1 is 0.526 bits per heavy atom. The third kappa shape index (κ3) is 16.1. The number of nitrogens with two attached hydrogens (primary N) is 2. The van der Waals surface area contributed by atoms with E-state index in [1.807, 2.05) is 55.4 Å². The molecule has 20 nitrogen and oxygen atoms in total. The van der Waals surface area contributed by atoms with Crippen molar-refractivity contribution >= 4 is 133 Å². The SMILES string of the molecule is CC(C)c1ncnc(C(C)C)c1-n1c(=O)[nH]c(=O)c2cc(Cl)c(Cl)nc21.CC(C)c1ncnc(C(C)C)c1N.CC(C)c1ncnc(C(C)C)c1NC(=O)NC(=O)c1cc(Cl)c(Cl)nc1Cl.NC(=O)c1cc(Cl)c(Cl)nc1Cl. The third-order valence-electron chi connectivity index (χ3n) is 10.8. The van der Waals surface area contributed by atoms with Gasteiger partial charge in [-0.3, -0.25) is 24.7 Å². The smallest absolute Gasteiger partial charge is 0.334 e. The molecule has 416 valence electrons. The molecule has 0 aromatic carbocycles. The molecule has 0 aliphatic rings. The van der Waals surface area contributed by atoms with Crippen LogP contribution in [-0.2, 0) is 0 Å². The summed E-state index contributed by atoms with van der Waals surface area (Å²) < 4.78 is 1.31. The number of rotatable bonds is 10. The fourth-order valence-electron chi connectivity index (χ4n) is 7.10. The van der Waals surface area contributed by atoms with Gasteiger partial charge < -0.3 is 16.8 Å². The molecule has 0 saturated heterocycles. The van der Waals surface area contributed by atoms with E-state index in [1.165, 1.54) is 35.4 Å². The van der Waals surface area contributed by atoms with Crippen molar-refractivity contribution in [2.45, 2.75) is 119 Å². The lowest BCUT2D eigenvalue weighted by Crippen LogP contribution is -2.35. The second-order valence-electron chi connectivity index (χ2n) is 18.7. The van der Waals surface area contributed by atoms with Crippen LogP contribution in [0.1, 0.15) is 173 Å².